The average molecular weight is 490 g/mol. The van der Waals surface area contributed by atoms with Crippen molar-refractivity contribution in [2.75, 3.05) is 25.0 Å². The highest BCUT2D eigenvalue weighted by atomic mass is 32.2. The summed E-state index contributed by atoms with van der Waals surface area (Å²) in [7, 11) is -3.51. The molecular weight excluding hydrogens is 458 g/mol. The Balaban J connectivity index is 1.62. The summed E-state index contributed by atoms with van der Waals surface area (Å²) >= 11 is 5.28. The topological polar surface area (TPSA) is 87.7 Å². The van der Waals surface area contributed by atoms with E-state index in [1.807, 2.05) is 19.9 Å². The zero-order chi connectivity index (χ0) is 23.8. The Labute approximate surface area is 201 Å². The zero-order valence-corrected chi connectivity index (χ0v) is 20.7. The Hall–Kier alpha value is -2.49. The predicted molar refractivity (Wildman–Crippen MR) is 134 cm³/mol. The Morgan fingerprint density at radius 2 is 1.67 bits per heavy atom. The Morgan fingerprint density at radius 3 is 2.30 bits per heavy atom. The van der Waals surface area contributed by atoms with Crippen LogP contribution in [0.15, 0.2) is 53.4 Å². The molecule has 1 saturated heterocycles. The zero-order valence-electron chi connectivity index (χ0n) is 19.0. The summed E-state index contributed by atoms with van der Waals surface area (Å²) in [5.41, 5.74) is 0.973. The van der Waals surface area contributed by atoms with Crippen LogP contribution in [0.2, 0.25) is 0 Å². The van der Waals surface area contributed by atoms with E-state index in [0.29, 0.717) is 42.6 Å². The van der Waals surface area contributed by atoms with Gasteiger partial charge >= 0.3 is 0 Å². The number of benzene rings is 2. The monoisotopic (exact) mass is 489 g/mol. The predicted octanol–water partition coefficient (Wildman–Crippen LogP) is 4.41. The molecule has 0 bridgehead atoms. The molecule has 1 fully saturated rings. The SMILES string of the molecule is CC(C)COc1ccccc1C(=O)NC(=S)Nc1ccc(S(=O)(=O)N2CCCCCC2)cc1. The van der Waals surface area contributed by atoms with E-state index < -0.39 is 10.0 Å². The molecule has 0 spiro atoms. The molecule has 0 aromatic heterocycles. The Kier molecular flexibility index (Phi) is 8.82. The maximum Gasteiger partial charge on any atom is 0.261 e. The van der Waals surface area contributed by atoms with Crippen LogP contribution in [0.5, 0.6) is 5.75 Å². The number of hydrogen-bond acceptors (Lipinski definition) is 5. The number of nitrogens with zero attached hydrogens (tertiary/aromatic N) is 1. The minimum absolute atomic E-state index is 0.113. The van der Waals surface area contributed by atoms with Gasteiger partial charge in [-0.25, -0.2) is 8.42 Å². The summed E-state index contributed by atoms with van der Waals surface area (Å²) in [6, 6.07) is 13.4. The molecular formula is C24H31N3O4S2. The van der Waals surface area contributed by atoms with Gasteiger partial charge in [0.1, 0.15) is 5.75 Å². The molecule has 178 valence electrons. The van der Waals surface area contributed by atoms with E-state index in [2.05, 4.69) is 10.6 Å². The Morgan fingerprint density at radius 1 is 1.03 bits per heavy atom. The molecule has 0 atom stereocenters. The first-order valence-corrected chi connectivity index (χ1v) is 13.1. The van der Waals surface area contributed by atoms with Crippen LogP contribution in [0.25, 0.3) is 0 Å². The second-order valence-corrected chi connectivity index (χ2v) is 10.8. The normalized spacial score (nSPS) is 15.0. The fraction of sp³-hybridized carbons (Fsp3) is 0.417. The number of thiocarbonyl (C=S) groups is 1. The fourth-order valence-corrected chi connectivity index (χ4v) is 5.24. The number of anilines is 1. The van der Waals surface area contributed by atoms with Crippen molar-refractivity contribution in [2.45, 2.75) is 44.4 Å². The molecule has 0 aliphatic carbocycles. The molecule has 33 heavy (non-hydrogen) atoms. The summed E-state index contributed by atoms with van der Waals surface area (Å²) in [5.74, 6) is 0.441. The van der Waals surface area contributed by atoms with E-state index in [1.54, 1.807) is 46.8 Å². The number of carbonyl (C=O) groups is 1. The molecule has 9 heteroatoms. The largest absolute Gasteiger partial charge is 0.492 e. The van der Waals surface area contributed by atoms with E-state index in [4.69, 9.17) is 17.0 Å². The summed E-state index contributed by atoms with van der Waals surface area (Å²) in [6.07, 6.45) is 3.90. The summed E-state index contributed by atoms with van der Waals surface area (Å²) in [6.45, 7) is 5.68. The minimum atomic E-state index is -3.51. The number of ether oxygens (including phenoxy) is 1. The summed E-state index contributed by atoms with van der Waals surface area (Å²) in [5, 5.41) is 5.69. The van der Waals surface area contributed by atoms with E-state index in [-0.39, 0.29) is 15.9 Å². The molecule has 0 unspecified atom stereocenters. The number of carbonyl (C=O) groups excluding carboxylic acids is 1. The van der Waals surface area contributed by atoms with Crippen molar-refractivity contribution in [3.63, 3.8) is 0 Å². The molecule has 0 radical (unpaired) electrons. The lowest BCUT2D eigenvalue weighted by atomic mass is 10.2. The van der Waals surface area contributed by atoms with Gasteiger partial charge in [0.15, 0.2) is 5.11 Å². The first-order chi connectivity index (χ1) is 15.8. The highest BCUT2D eigenvalue weighted by Crippen LogP contribution is 2.22. The molecule has 2 aromatic rings. The third-order valence-electron chi connectivity index (χ3n) is 5.25. The van der Waals surface area contributed by atoms with Crippen LogP contribution < -0.4 is 15.4 Å². The third-order valence-corrected chi connectivity index (χ3v) is 7.36. The van der Waals surface area contributed by atoms with E-state index in [0.717, 1.165) is 25.7 Å². The fourth-order valence-electron chi connectivity index (χ4n) is 3.51. The molecule has 1 aliphatic heterocycles. The van der Waals surface area contributed by atoms with Crippen molar-refractivity contribution >= 4 is 38.9 Å². The lowest BCUT2D eigenvalue weighted by molar-refractivity contribution is 0.0973. The molecule has 7 nitrogen and oxygen atoms in total. The van der Waals surface area contributed by atoms with Gasteiger partial charge < -0.3 is 10.1 Å². The van der Waals surface area contributed by atoms with Crippen molar-refractivity contribution in [3.05, 3.63) is 54.1 Å². The number of nitrogens with one attached hydrogen (secondary N) is 2. The smallest absolute Gasteiger partial charge is 0.261 e. The highest BCUT2D eigenvalue weighted by molar-refractivity contribution is 7.89. The highest BCUT2D eigenvalue weighted by Gasteiger charge is 2.25. The summed E-state index contributed by atoms with van der Waals surface area (Å²) < 4.78 is 33.1. The Bertz CT molecular complexity index is 1060. The van der Waals surface area contributed by atoms with Gasteiger partial charge in [-0.15, -0.1) is 0 Å². The third kappa shape index (κ3) is 6.99. The van der Waals surface area contributed by atoms with Crippen LogP contribution in [0, 0.1) is 5.92 Å². The van der Waals surface area contributed by atoms with Crippen LogP contribution in [0.3, 0.4) is 0 Å². The molecule has 2 N–H and O–H groups in total. The minimum Gasteiger partial charge on any atom is -0.492 e. The van der Waals surface area contributed by atoms with E-state index in [1.165, 1.54) is 0 Å². The summed E-state index contributed by atoms with van der Waals surface area (Å²) in [4.78, 5) is 12.9. The van der Waals surface area contributed by atoms with Gasteiger partial charge in [0, 0.05) is 18.8 Å². The first kappa shape index (κ1) is 25.1. The van der Waals surface area contributed by atoms with Crippen LogP contribution >= 0.6 is 12.2 Å². The van der Waals surface area contributed by atoms with Gasteiger partial charge in [-0.1, -0.05) is 38.8 Å². The van der Waals surface area contributed by atoms with Crippen molar-refractivity contribution in [2.24, 2.45) is 5.92 Å². The number of rotatable bonds is 7. The van der Waals surface area contributed by atoms with Crippen molar-refractivity contribution in [3.8, 4) is 5.75 Å². The van der Waals surface area contributed by atoms with Crippen LogP contribution in [-0.2, 0) is 10.0 Å². The van der Waals surface area contributed by atoms with Gasteiger partial charge in [0.05, 0.1) is 17.1 Å². The second-order valence-electron chi connectivity index (χ2n) is 8.45. The van der Waals surface area contributed by atoms with Gasteiger partial charge in [-0.2, -0.15) is 4.31 Å². The van der Waals surface area contributed by atoms with Gasteiger partial charge in [0.2, 0.25) is 10.0 Å². The maximum absolute atomic E-state index is 12.9. The van der Waals surface area contributed by atoms with E-state index >= 15 is 0 Å². The second kappa shape index (κ2) is 11.6. The number of para-hydroxylation sites is 1. The standard InChI is InChI=1S/C24H31N3O4S2/c1-18(2)17-31-22-10-6-5-9-21(22)23(28)26-24(32)25-19-11-13-20(14-12-19)33(29,30)27-15-7-3-4-8-16-27/h5-6,9-14,18H,3-4,7-8,15-17H2,1-2H3,(H2,25,26,28,32). The van der Waals surface area contributed by atoms with Gasteiger partial charge in [-0.3, -0.25) is 10.1 Å². The van der Waals surface area contributed by atoms with Gasteiger partial charge in [-0.05, 0) is 67.4 Å². The molecule has 1 amide bonds. The average Bonchev–Trinajstić information content (AvgIpc) is 3.08. The quantitative estimate of drug-likeness (QED) is 0.560. The number of sulfonamides is 1. The molecule has 1 aliphatic rings. The van der Waals surface area contributed by atoms with Crippen molar-refractivity contribution in [1.82, 2.24) is 9.62 Å². The van der Waals surface area contributed by atoms with Crippen molar-refractivity contribution in [1.29, 1.82) is 0 Å². The lowest BCUT2D eigenvalue weighted by Gasteiger charge is -2.20. The molecule has 1 heterocycles. The number of hydrogen-bond donors (Lipinski definition) is 2. The number of amides is 1. The van der Waals surface area contributed by atoms with Crippen LogP contribution in [-0.4, -0.2) is 43.4 Å². The van der Waals surface area contributed by atoms with Crippen molar-refractivity contribution < 1.29 is 17.9 Å². The molecule has 3 rings (SSSR count). The molecule has 0 saturated carbocycles. The van der Waals surface area contributed by atoms with Crippen LogP contribution in [0.1, 0.15) is 49.9 Å². The van der Waals surface area contributed by atoms with E-state index in [9.17, 15) is 13.2 Å². The molecule has 2 aromatic carbocycles. The lowest BCUT2D eigenvalue weighted by Crippen LogP contribution is -2.34. The van der Waals surface area contributed by atoms with Gasteiger partial charge in [0.25, 0.3) is 5.91 Å². The first-order valence-electron chi connectivity index (χ1n) is 11.2. The van der Waals surface area contributed by atoms with Crippen LogP contribution in [0.4, 0.5) is 5.69 Å². The maximum atomic E-state index is 12.9.